The highest BCUT2D eigenvalue weighted by Gasteiger charge is 2.23. The van der Waals surface area contributed by atoms with Gasteiger partial charge in [-0.2, -0.15) is 0 Å². The second-order valence-corrected chi connectivity index (χ2v) is 8.66. The minimum Gasteiger partial charge on any atom is -0.497 e. The predicted octanol–water partition coefficient (Wildman–Crippen LogP) is 4.80. The van der Waals surface area contributed by atoms with E-state index in [-0.39, 0.29) is 12.1 Å². The first-order chi connectivity index (χ1) is 14.3. The van der Waals surface area contributed by atoms with Gasteiger partial charge in [-0.15, -0.1) is 0 Å². The summed E-state index contributed by atoms with van der Waals surface area (Å²) >= 11 is 0. The van der Waals surface area contributed by atoms with Crippen LogP contribution in [-0.2, 0) is 11.3 Å². The van der Waals surface area contributed by atoms with Crippen LogP contribution in [0.3, 0.4) is 0 Å². The van der Waals surface area contributed by atoms with Crippen molar-refractivity contribution in [1.82, 2.24) is 5.32 Å². The zero-order valence-corrected chi connectivity index (χ0v) is 18.4. The fourth-order valence-electron chi connectivity index (χ4n) is 3.52. The summed E-state index contributed by atoms with van der Waals surface area (Å²) in [5.74, 6) is 0.866. The van der Waals surface area contributed by atoms with Gasteiger partial charge in [0.15, 0.2) is 0 Å². The van der Waals surface area contributed by atoms with Gasteiger partial charge in [0.2, 0.25) is 0 Å². The maximum Gasteiger partial charge on any atom is 0.407 e. The summed E-state index contributed by atoms with van der Waals surface area (Å²) in [5.41, 5.74) is 3.03. The number of methoxy groups -OCH3 is 1. The van der Waals surface area contributed by atoms with Gasteiger partial charge in [-0.05, 0) is 69.5 Å². The van der Waals surface area contributed by atoms with Gasteiger partial charge < -0.3 is 25.0 Å². The number of hydrogen-bond donors (Lipinski definition) is 2. The Hall–Kier alpha value is -2.89. The molecule has 2 aromatic carbocycles. The Kier molecular flexibility index (Phi) is 7.08. The lowest BCUT2D eigenvalue weighted by Gasteiger charge is -2.34. The SMILES string of the molecule is COc1ccc(CNc2cccc(N3CCC(NC(=O)OC(C)(C)C)CC3)c2)cc1. The van der Waals surface area contributed by atoms with Crippen LogP contribution in [0.1, 0.15) is 39.2 Å². The molecule has 0 bridgehead atoms. The number of ether oxygens (including phenoxy) is 2. The summed E-state index contributed by atoms with van der Waals surface area (Å²) < 4.78 is 10.6. The van der Waals surface area contributed by atoms with E-state index in [0.717, 1.165) is 43.9 Å². The van der Waals surface area contributed by atoms with Crippen molar-refractivity contribution < 1.29 is 14.3 Å². The Balaban J connectivity index is 1.49. The van der Waals surface area contributed by atoms with E-state index in [0.29, 0.717) is 0 Å². The van der Waals surface area contributed by atoms with Crippen LogP contribution in [-0.4, -0.2) is 37.9 Å². The van der Waals surface area contributed by atoms with Gasteiger partial charge in [0.25, 0.3) is 0 Å². The predicted molar refractivity (Wildman–Crippen MR) is 121 cm³/mol. The van der Waals surface area contributed by atoms with Crippen molar-refractivity contribution in [3.63, 3.8) is 0 Å². The normalized spacial score (nSPS) is 14.9. The van der Waals surface area contributed by atoms with Crippen LogP contribution in [0.5, 0.6) is 5.75 Å². The van der Waals surface area contributed by atoms with E-state index in [9.17, 15) is 4.79 Å². The van der Waals surface area contributed by atoms with Crippen molar-refractivity contribution in [2.24, 2.45) is 0 Å². The fraction of sp³-hybridized carbons (Fsp3) is 0.458. The number of carbonyl (C=O) groups excluding carboxylic acids is 1. The molecule has 2 aromatic rings. The molecule has 1 fully saturated rings. The first-order valence-corrected chi connectivity index (χ1v) is 10.5. The molecule has 0 saturated carbocycles. The Bertz CT molecular complexity index is 822. The van der Waals surface area contributed by atoms with Crippen LogP contribution >= 0.6 is 0 Å². The van der Waals surface area contributed by atoms with Crippen LogP contribution in [0.4, 0.5) is 16.2 Å². The molecule has 30 heavy (non-hydrogen) atoms. The second kappa shape index (κ2) is 9.74. The Morgan fingerprint density at radius 2 is 1.80 bits per heavy atom. The molecule has 0 radical (unpaired) electrons. The highest BCUT2D eigenvalue weighted by Crippen LogP contribution is 2.24. The van der Waals surface area contributed by atoms with E-state index >= 15 is 0 Å². The van der Waals surface area contributed by atoms with Crippen LogP contribution in [0, 0.1) is 0 Å². The number of anilines is 2. The first kappa shape index (κ1) is 21.8. The van der Waals surface area contributed by atoms with Gasteiger partial charge in [-0.25, -0.2) is 4.79 Å². The monoisotopic (exact) mass is 411 g/mol. The van der Waals surface area contributed by atoms with E-state index in [4.69, 9.17) is 9.47 Å². The molecule has 6 nitrogen and oxygen atoms in total. The van der Waals surface area contributed by atoms with E-state index in [1.807, 2.05) is 32.9 Å². The zero-order chi connectivity index (χ0) is 21.6. The van der Waals surface area contributed by atoms with Gasteiger partial charge in [-0.1, -0.05) is 18.2 Å². The minimum absolute atomic E-state index is 0.160. The highest BCUT2D eigenvalue weighted by atomic mass is 16.6. The van der Waals surface area contributed by atoms with Crippen molar-refractivity contribution in [3.8, 4) is 5.75 Å². The molecule has 0 aliphatic carbocycles. The molecule has 0 atom stereocenters. The van der Waals surface area contributed by atoms with Gasteiger partial charge in [0.1, 0.15) is 11.4 Å². The number of piperidine rings is 1. The van der Waals surface area contributed by atoms with E-state index < -0.39 is 5.60 Å². The smallest absolute Gasteiger partial charge is 0.407 e. The lowest BCUT2D eigenvalue weighted by molar-refractivity contribution is 0.0497. The van der Waals surface area contributed by atoms with Crippen LogP contribution in [0.2, 0.25) is 0 Å². The standard InChI is InChI=1S/C24H33N3O3/c1-24(2,3)30-23(28)26-19-12-14-27(15-13-19)21-7-5-6-20(16-21)25-17-18-8-10-22(29-4)11-9-18/h5-11,16,19,25H,12-15,17H2,1-4H3,(H,26,28). The molecule has 1 aliphatic rings. The number of alkyl carbamates (subject to hydrolysis) is 1. The molecule has 1 amide bonds. The number of carbonyl (C=O) groups is 1. The van der Waals surface area contributed by atoms with Crippen molar-refractivity contribution >= 4 is 17.5 Å². The third-order valence-electron chi connectivity index (χ3n) is 5.08. The zero-order valence-electron chi connectivity index (χ0n) is 18.4. The Morgan fingerprint density at radius 3 is 2.43 bits per heavy atom. The molecular weight excluding hydrogens is 378 g/mol. The number of nitrogens with one attached hydrogen (secondary N) is 2. The van der Waals surface area contributed by atoms with Gasteiger partial charge in [0, 0.05) is 37.1 Å². The molecule has 3 rings (SSSR count). The average molecular weight is 412 g/mol. The summed E-state index contributed by atoms with van der Waals surface area (Å²) in [6.45, 7) is 8.21. The molecule has 162 valence electrons. The maximum absolute atomic E-state index is 12.0. The number of nitrogens with zero attached hydrogens (tertiary/aromatic N) is 1. The molecule has 1 heterocycles. The molecule has 6 heteroatoms. The molecule has 0 unspecified atom stereocenters. The van der Waals surface area contributed by atoms with Crippen LogP contribution in [0.25, 0.3) is 0 Å². The molecule has 0 aromatic heterocycles. The first-order valence-electron chi connectivity index (χ1n) is 10.5. The van der Waals surface area contributed by atoms with Crippen LogP contribution < -0.4 is 20.3 Å². The topological polar surface area (TPSA) is 62.8 Å². The third-order valence-corrected chi connectivity index (χ3v) is 5.08. The summed E-state index contributed by atoms with van der Waals surface area (Å²) in [5, 5.41) is 6.49. The fourth-order valence-corrected chi connectivity index (χ4v) is 3.52. The van der Waals surface area contributed by atoms with Gasteiger partial charge in [-0.3, -0.25) is 0 Å². The highest BCUT2D eigenvalue weighted by molar-refractivity contribution is 5.68. The van der Waals surface area contributed by atoms with Gasteiger partial charge in [0.05, 0.1) is 7.11 Å². The lowest BCUT2D eigenvalue weighted by atomic mass is 10.0. The van der Waals surface area contributed by atoms with Crippen molar-refractivity contribution in [1.29, 1.82) is 0 Å². The second-order valence-electron chi connectivity index (χ2n) is 8.66. The van der Waals surface area contributed by atoms with Gasteiger partial charge >= 0.3 is 6.09 Å². The largest absolute Gasteiger partial charge is 0.497 e. The summed E-state index contributed by atoms with van der Waals surface area (Å²) in [6.07, 6.45) is 1.48. The molecule has 0 spiro atoms. The van der Waals surface area contributed by atoms with Crippen molar-refractivity contribution in [3.05, 3.63) is 54.1 Å². The lowest BCUT2D eigenvalue weighted by Crippen LogP contribution is -2.46. The number of hydrogen-bond acceptors (Lipinski definition) is 5. The molecule has 2 N–H and O–H groups in total. The molecule has 1 saturated heterocycles. The molecular formula is C24H33N3O3. The molecule has 1 aliphatic heterocycles. The quantitative estimate of drug-likeness (QED) is 0.715. The number of benzene rings is 2. The summed E-state index contributed by atoms with van der Waals surface area (Å²) in [7, 11) is 1.68. The van der Waals surface area contributed by atoms with Crippen molar-refractivity contribution in [2.45, 2.75) is 51.8 Å². The summed E-state index contributed by atoms with van der Waals surface area (Å²) in [6, 6.07) is 16.7. The number of amides is 1. The van der Waals surface area contributed by atoms with E-state index in [2.05, 4.69) is 51.9 Å². The Morgan fingerprint density at radius 1 is 1.10 bits per heavy atom. The third kappa shape index (κ3) is 6.58. The maximum atomic E-state index is 12.0. The summed E-state index contributed by atoms with van der Waals surface area (Å²) in [4.78, 5) is 14.4. The van der Waals surface area contributed by atoms with E-state index in [1.165, 1.54) is 11.3 Å². The van der Waals surface area contributed by atoms with Crippen molar-refractivity contribution in [2.75, 3.05) is 30.4 Å². The minimum atomic E-state index is -0.468. The van der Waals surface area contributed by atoms with Crippen LogP contribution in [0.15, 0.2) is 48.5 Å². The van der Waals surface area contributed by atoms with E-state index in [1.54, 1.807) is 7.11 Å². The average Bonchev–Trinajstić information content (AvgIpc) is 2.72. The number of rotatable bonds is 6. The Labute approximate surface area is 179 Å².